The van der Waals surface area contributed by atoms with E-state index in [1.165, 1.54) is 14.0 Å². The molecule has 1 aliphatic heterocycles. The van der Waals surface area contributed by atoms with E-state index in [0.29, 0.717) is 50.4 Å². The lowest BCUT2D eigenvalue weighted by atomic mass is 10.1. The molecule has 0 atom stereocenters. The van der Waals surface area contributed by atoms with Crippen LogP contribution in [0.4, 0.5) is 13.2 Å². The normalized spacial score (nSPS) is 15.2. The second-order valence-corrected chi connectivity index (χ2v) is 7.45. The second kappa shape index (κ2) is 10.8. The fourth-order valence-corrected chi connectivity index (χ4v) is 3.58. The molecule has 1 fully saturated rings. The first kappa shape index (κ1) is 24.9. The molecule has 1 aromatic heterocycles. The predicted molar refractivity (Wildman–Crippen MR) is 105 cm³/mol. The number of methoxy groups -OCH3 is 1. The van der Waals surface area contributed by atoms with Crippen LogP contribution in [-0.4, -0.2) is 91.7 Å². The van der Waals surface area contributed by atoms with E-state index >= 15 is 0 Å². The first-order chi connectivity index (χ1) is 14.5. The molecule has 0 saturated carbocycles. The zero-order chi connectivity index (χ0) is 23.2. The number of piperazine rings is 1. The number of Topliss-reactive ketones (excluding diaryl/α,β-unsaturated/α-hetero) is 1. The second-order valence-electron chi connectivity index (χ2n) is 7.45. The van der Waals surface area contributed by atoms with Gasteiger partial charge in [-0.1, -0.05) is 0 Å². The van der Waals surface area contributed by atoms with Crippen molar-refractivity contribution in [1.29, 1.82) is 0 Å². The van der Waals surface area contributed by atoms with Crippen LogP contribution in [0.5, 0.6) is 0 Å². The maximum atomic E-state index is 12.7. The highest BCUT2D eigenvalue weighted by molar-refractivity contribution is 6.01. The number of aromatic amines is 1. The van der Waals surface area contributed by atoms with Crippen molar-refractivity contribution in [2.75, 3.05) is 53.0 Å². The molecule has 1 aliphatic rings. The Kier molecular flexibility index (Phi) is 8.63. The fraction of sp³-hybridized carbons (Fsp3) is 0.650. The Morgan fingerprint density at radius 3 is 2.32 bits per heavy atom. The minimum Gasteiger partial charge on any atom is -0.465 e. The van der Waals surface area contributed by atoms with Crippen molar-refractivity contribution in [2.24, 2.45) is 0 Å². The van der Waals surface area contributed by atoms with Gasteiger partial charge in [-0.3, -0.25) is 14.5 Å². The molecule has 0 spiro atoms. The topological polar surface area (TPSA) is 91.9 Å². The minimum absolute atomic E-state index is 0.0274. The fourth-order valence-electron chi connectivity index (χ4n) is 3.58. The monoisotopic (exact) mass is 447 g/mol. The number of ketones is 1. The average molecular weight is 447 g/mol. The molecule has 31 heavy (non-hydrogen) atoms. The lowest BCUT2D eigenvalue weighted by Crippen LogP contribution is -2.49. The van der Waals surface area contributed by atoms with Crippen molar-refractivity contribution in [3.05, 3.63) is 22.5 Å². The number of aromatic nitrogens is 1. The van der Waals surface area contributed by atoms with Crippen LogP contribution >= 0.6 is 0 Å². The van der Waals surface area contributed by atoms with E-state index in [0.717, 1.165) is 0 Å². The van der Waals surface area contributed by atoms with E-state index in [9.17, 15) is 27.6 Å². The van der Waals surface area contributed by atoms with Gasteiger partial charge in [0.15, 0.2) is 5.78 Å². The zero-order valence-electron chi connectivity index (χ0n) is 17.9. The first-order valence-corrected chi connectivity index (χ1v) is 9.98. The summed E-state index contributed by atoms with van der Waals surface area (Å²) < 4.78 is 45.5. The zero-order valence-corrected chi connectivity index (χ0v) is 17.9. The van der Waals surface area contributed by atoms with Crippen molar-refractivity contribution in [2.45, 2.75) is 32.9 Å². The van der Waals surface area contributed by atoms with Gasteiger partial charge in [0.25, 0.3) is 0 Å². The van der Waals surface area contributed by atoms with Gasteiger partial charge in [0.1, 0.15) is 6.61 Å². The lowest BCUT2D eigenvalue weighted by molar-refractivity contribution is -0.174. The van der Waals surface area contributed by atoms with E-state index in [1.807, 2.05) is 0 Å². The maximum Gasteiger partial charge on any atom is 0.411 e. The summed E-state index contributed by atoms with van der Waals surface area (Å²) in [5.74, 6) is -1.04. The summed E-state index contributed by atoms with van der Waals surface area (Å²) >= 11 is 0. The quantitative estimate of drug-likeness (QED) is 0.354. The molecule has 2 heterocycles. The Morgan fingerprint density at radius 2 is 1.77 bits per heavy atom. The van der Waals surface area contributed by atoms with Crippen LogP contribution in [0.3, 0.4) is 0 Å². The third kappa shape index (κ3) is 7.06. The van der Waals surface area contributed by atoms with Gasteiger partial charge >= 0.3 is 12.1 Å². The largest absolute Gasteiger partial charge is 0.465 e. The van der Waals surface area contributed by atoms with Crippen molar-refractivity contribution in [1.82, 2.24) is 14.8 Å². The lowest BCUT2D eigenvalue weighted by Gasteiger charge is -2.34. The molecule has 2 rings (SSSR count). The average Bonchev–Trinajstić information content (AvgIpc) is 3.02. The molecule has 0 aromatic carbocycles. The predicted octanol–water partition coefficient (Wildman–Crippen LogP) is 1.97. The number of carbonyl (C=O) groups excluding carboxylic acids is 3. The minimum atomic E-state index is -4.32. The summed E-state index contributed by atoms with van der Waals surface area (Å²) in [6.45, 7) is 4.50. The van der Waals surface area contributed by atoms with Crippen LogP contribution in [-0.2, 0) is 20.7 Å². The van der Waals surface area contributed by atoms with Crippen molar-refractivity contribution < 1.29 is 37.0 Å². The van der Waals surface area contributed by atoms with Crippen molar-refractivity contribution in [3.8, 4) is 0 Å². The molecule has 0 radical (unpaired) electrons. The highest BCUT2D eigenvalue weighted by Crippen LogP contribution is 2.21. The van der Waals surface area contributed by atoms with E-state index in [4.69, 9.17) is 4.74 Å². The SMILES string of the molecule is COC(=O)c1c(CC(=O)N2CCN(CCCOCC(F)(F)F)CC2)[nH]c(C(C)=O)c1C. The van der Waals surface area contributed by atoms with Crippen molar-refractivity contribution >= 4 is 17.7 Å². The molecular weight excluding hydrogens is 419 g/mol. The number of alkyl halides is 3. The Bertz CT molecular complexity index is 799. The maximum absolute atomic E-state index is 12.7. The Balaban J connectivity index is 1.86. The molecular formula is C20H28F3N3O5. The van der Waals surface area contributed by atoms with E-state index in [-0.39, 0.29) is 36.0 Å². The van der Waals surface area contributed by atoms with Crippen LogP contribution in [0, 0.1) is 6.92 Å². The van der Waals surface area contributed by atoms with Gasteiger partial charge in [-0.25, -0.2) is 4.79 Å². The number of H-pyrrole nitrogens is 1. The van der Waals surface area contributed by atoms with E-state index < -0.39 is 18.8 Å². The highest BCUT2D eigenvalue weighted by atomic mass is 19.4. The van der Waals surface area contributed by atoms with Crippen LogP contribution in [0.25, 0.3) is 0 Å². The number of nitrogens with one attached hydrogen (secondary N) is 1. The third-order valence-electron chi connectivity index (χ3n) is 5.15. The van der Waals surface area contributed by atoms with E-state index in [1.54, 1.807) is 11.8 Å². The summed E-state index contributed by atoms with van der Waals surface area (Å²) in [5, 5.41) is 0. The number of amides is 1. The van der Waals surface area contributed by atoms with Crippen LogP contribution < -0.4 is 0 Å². The Morgan fingerprint density at radius 1 is 1.13 bits per heavy atom. The van der Waals surface area contributed by atoms with Crippen LogP contribution in [0.2, 0.25) is 0 Å². The molecule has 1 aromatic rings. The number of esters is 1. The summed E-state index contributed by atoms with van der Waals surface area (Å²) in [6, 6.07) is 0. The molecule has 1 amide bonds. The number of carbonyl (C=O) groups is 3. The number of hydrogen-bond acceptors (Lipinski definition) is 6. The number of halogens is 3. The third-order valence-corrected chi connectivity index (χ3v) is 5.15. The Hall–Kier alpha value is -2.40. The molecule has 0 aliphatic carbocycles. The Labute approximate surface area is 178 Å². The van der Waals surface area contributed by atoms with Gasteiger partial charge in [0, 0.05) is 51.9 Å². The van der Waals surface area contributed by atoms with Gasteiger partial charge < -0.3 is 19.4 Å². The highest BCUT2D eigenvalue weighted by Gasteiger charge is 2.28. The van der Waals surface area contributed by atoms with Gasteiger partial charge in [-0.05, 0) is 18.9 Å². The molecule has 8 nitrogen and oxygen atoms in total. The van der Waals surface area contributed by atoms with Crippen LogP contribution in [0.15, 0.2) is 0 Å². The molecule has 11 heteroatoms. The van der Waals surface area contributed by atoms with E-state index in [2.05, 4.69) is 14.6 Å². The smallest absolute Gasteiger partial charge is 0.411 e. The van der Waals surface area contributed by atoms with Crippen LogP contribution in [0.1, 0.15) is 45.4 Å². The standard InChI is InChI=1S/C20H28F3N3O5/c1-13-17(19(29)30-3)15(24-18(13)14(2)27)11-16(28)26-8-6-25(7-9-26)5-4-10-31-12-20(21,22)23/h24H,4-12H2,1-3H3. The molecule has 174 valence electrons. The number of nitrogens with zero attached hydrogens (tertiary/aromatic N) is 2. The molecule has 1 saturated heterocycles. The number of rotatable bonds is 9. The number of ether oxygens (including phenoxy) is 2. The van der Waals surface area contributed by atoms with Gasteiger partial charge in [0.2, 0.25) is 5.91 Å². The molecule has 1 N–H and O–H groups in total. The molecule has 0 unspecified atom stereocenters. The summed E-state index contributed by atoms with van der Waals surface area (Å²) in [4.78, 5) is 43.3. The first-order valence-electron chi connectivity index (χ1n) is 9.98. The van der Waals surface area contributed by atoms with Gasteiger partial charge in [-0.15, -0.1) is 0 Å². The van der Waals surface area contributed by atoms with Gasteiger partial charge in [-0.2, -0.15) is 13.2 Å². The molecule has 0 bridgehead atoms. The summed E-state index contributed by atoms with van der Waals surface area (Å²) in [7, 11) is 1.24. The number of hydrogen-bond donors (Lipinski definition) is 1. The van der Waals surface area contributed by atoms with Crippen molar-refractivity contribution in [3.63, 3.8) is 0 Å². The summed E-state index contributed by atoms with van der Waals surface area (Å²) in [6.07, 6.45) is -3.91. The summed E-state index contributed by atoms with van der Waals surface area (Å²) in [5.41, 5.74) is 1.29. The van der Waals surface area contributed by atoms with Gasteiger partial charge in [0.05, 0.1) is 24.8 Å².